The van der Waals surface area contributed by atoms with Gasteiger partial charge >= 0.3 is 0 Å². The maximum Gasteiger partial charge on any atom is 0.252 e. The first-order valence-corrected chi connectivity index (χ1v) is 7.61. The number of rotatable bonds is 4. The lowest BCUT2D eigenvalue weighted by molar-refractivity contribution is 0.0932. The van der Waals surface area contributed by atoms with E-state index in [4.69, 9.17) is 5.73 Å². The first-order valence-electron chi connectivity index (χ1n) is 7.61. The Morgan fingerprint density at radius 2 is 1.68 bits per heavy atom. The summed E-state index contributed by atoms with van der Waals surface area (Å²) in [5.74, 6) is -2.37. The standard InChI is InChI=1S/C17H16F2N4O2/c18-11-5-2-6-12(19)15(11)13-8-14(23-22-13)21-17(25)10-4-1-3-9(7-10)16(20)24/h1-7,13-14,22-23H,8H2,(H2,20,24)(H,21,25). The van der Waals surface area contributed by atoms with Crippen molar-refractivity contribution in [2.75, 3.05) is 0 Å². The quantitative estimate of drug-likeness (QED) is 0.672. The molecule has 0 radical (unpaired) electrons. The zero-order valence-electron chi connectivity index (χ0n) is 13.1. The van der Waals surface area contributed by atoms with E-state index in [0.29, 0.717) is 0 Å². The molecule has 2 amide bonds. The van der Waals surface area contributed by atoms with Gasteiger partial charge in [0.25, 0.3) is 5.91 Å². The van der Waals surface area contributed by atoms with E-state index in [0.717, 1.165) is 0 Å². The maximum atomic E-state index is 13.8. The van der Waals surface area contributed by atoms with Gasteiger partial charge in [-0.05, 0) is 30.3 Å². The van der Waals surface area contributed by atoms with Gasteiger partial charge in [0, 0.05) is 23.1 Å². The molecule has 25 heavy (non-hydrogen) atoms. The van der Waals surface area contributed by atoms with Crippen LogP contribution in [0.25, 0.3) is 0 Å². The van der Waals surface area contributed by atoms with Crippen LogP contribution in [0.3, 0.4) is 0 Å². The number of hydrogen-bond donors (Lipinski definition) is 4. The van der Waals surface area contributed by atoms with Gasteiger partial charge in [0.15, 0.2) is 0 Å². The van der Waals surface area contributed by atoms with Crippen LogP contribution in [-0.4, -0.2) is 18.0 Å². The summed E-state index contributed by atoms with van der Waals surface area (Å²) in [6, 6.07) is 9.01. The van der Waals surface area contributed by atoms with Crippen molar-refractivity contribution in [2.45, 2.75) is 18.6 Å². The smallest absolute Gasteiger partial charge is 0.252 e. The molecule has 1 heterocycles. The van der Waals surface area contributed by atoms with Crippen LogP contribution < -0.4 is 21.9 Å². The van der Waals surface area contributed by atoms with E-state index in [-0.39, 0.29) is 23.1 Å². The van der Waals surface area contributed by atoms with Crippen molar-refractivity contribution in [3.05, 3.63) is 70.8 Å². The Kier molecular flexibility index (Phi) is 4.73. The van der Waals surface area contributed by atoms with Gasteiger partial charge in [0.2, 0.25) is 5.91 Å². The lowest BCUT2D eigenvalue weighted by Gasteiger charge is -2.13. The molecule has 2 aromatic rings. The first kappa shape index (κ1) is 17.0. The van der Waals surface area contributed by atoms with E-state index in [9.17, 15) is 18.4 Å². The molecule has 1 aliphatic rings. The lowest BCUT2D eigenvalue weighted by Crippen LogP contribution is -2.44. The number of nitrogens with one attached hydrogen (secondary N) is 3. The van der Waals surface area contributed by atoms with Gasteiger partial charge in [-0.2, -0.15) is 0 Å². The molecule has 130 valence electrons. The molecular weight excluding hydrogens is 330 g/mol. The third kappa shape index (κ3) is 3.65. The largest absolute Gasteiger partial charge is 0.366 e. The summed E-state index contributed by atoms with van der Waals surface area (Å²) < 4.78 is 27.7. The van der Waals surface area contributed by atoms with Gasteiger partial charge in [0.05, 0.1) is 12.2 Å². The number of carbonyl (C=O) groups excluding carboxylic acids is 2. The van der Waals surface area contributed by atoms with Crippen molar-refractivity contribution in [1.82, 2.24) is 16.2 Å². The van der Waals surface area contributed by atoms with Gasteiger partial charge in [-0.25, -0.2) is 19.6 Å². The SMILES string of the molecule is NC(=O)c1cccc(C(=O)NC2CC(c3c(F)cccc3F)NN2)c1. The van der Waals surface area contributed by atoms with Crippen molar-refractivity contribution in [3.8, 4) is 0 Å². The summed E-state index contributed by atoms with van der Waals surface area (Å²) in [5.41, 5.74) is 11.2. The second-order valence-corrected chi connectivity index (χ2v) is 5.68. The predicted octanol–water partition coefficient (Wildman–Crippen LogP) is 1.36. The van der Waals surface area contributed by atoms with Crippen molar-refractivity contribution >= 4 is 11.8 Å². The molecule has 0 saturated carbocycles. The molecule has 2 unspecified atom stereocenters. The number of primary amides is 1. The van der Waals surface area contributed by atoms with Crippen molar-refractivity contribution < 1.29 is 18.4 Å². The van der Waals surface area contributed by atoms with Crippen LogP contribution in [0.15, 0.2) is 42.5 Å². The Bertz CT molecular complexity index is 808. The van der Waals surface area contributed by atoms with E-state index in [1.807, 2.05) is 0 Å². The van der Waals surface area contributed by atoms with Crippen LogP contribution in [0.1, 0.15) is 38.7 Å². The molecule has 2 aromatic carbocycles. The van der Waals surface area contributed by atoms with Crippen LogP contribution >= 0.6 is 0 Å². The van der Waals surface area contributed by atoms with Gasteiger partial charge < -0.3 is 11.1 Å². The second-order valence-electron chi connectivity index (χ2n) is 5.68. The molecule has 8 heteroatoms. The summed E-state index contributed by atoms with van der Waals surface area (Å²) in [4.78, 5) is 23.5. The fraction of sp³-hybridized carbons (Fsp3) is 0.176. The zero-order valence-corrected chi connectivity index (χ0v) is 13.1. The normalized spacial score (nSPS) is 19.6. The van der Waals surface area contributed by atoms with Crippen molar-refractivity contribution in [3.63, 3.8) is 0 Å². The Hall–Kier alpha value is -2.84. The van der Waals surface area contributed by atoms with Gasteiger partial charge in [0.1, 0.15) is 11.6 Å². The third-order valence-electron chi connectivity index (χ3n) is 3.97. The van der Waals surface area contributed by atoms with E-state index >= 15 is 0 Å². The number of halogens is 2. The summed E-state index contributed by atoms with van der Waals surface area (Å²) in [7, 11) is 0. The van der Waals surface area contributed by atoms with E-state index < -0.39 is 35.7 Å². The molecule has 1 fully saturated rings. The van der Waals surface area contributed by atoms with Gasteiger partial charge in [-0.3, -0.25) is 9.59 Å². The average Bonchev–Trinajstić information content (AvgIpc) is 3.03. The zero-order chi connectivity index (χ0) is 18.0. The van der Waals surface area contributed by atoms with E-state index in [2.05, 4.69) is 16.2 Å². The number of carbonyl (C=O) groups is 2. The van der Waals surface area contributed by atoms with Gasteiger partial charge in [-0.1, -0.05) is 12.1 Å². The molecule has 0 aromatic heterocycles. The fourth-order valence-corrected chi connectivity index (χ4v) is 2.74. The Morgan fingerprint density at radius 1 is 1.04 bits per heavy atom. The molecular formula is C17H16F2N4O2. The summed E-state index contributed by atoms with van der Waals surface area (Å²) in [6.45, 7) is 0. The molecule has 0 bridgehead atoms. The summed E-state index contributed by atoms with van der Waals surface area (Å²) >= 11 is 0. The minimum atomic E-state index is -0.652. The third-order valence-corrected chi connectivity index (χ3v) is 3.97. The molecule has 0 spiro atoms. The Morgan fingerprint density at radius 3 is 2.36 bits per heavy atom. The molecule has 1 aliphatic heterocycles. The number of benzene rings is 2. The molecule has 1 saturated heterocycles. The van der Waals surface area contributed by atoms with Crippen LogP contribution in [0.4, 0.5) is 8.78 Å². The molecule has 2 atom stereocenters. The minimum absolute atomic E-state index is 0.0810. The number of hydrazine groups is 1. The number of nitrogens with two attached hydrogens (primary N) is 1. The number of amides is 2. The highest BCUT2D eigenvalue weighted by molar-refractivity contribution is 5.99. The lowest BCUT2D eigenvalue weighted by atomic mass is 10.0. The first-order chi connectivity index (χ1) is 12.0. The average molecular weight is 346 g/mol. The molecule has 3 rings (SSSR count). The van der Waals surface area contributed by atoms with Gasteiger partial charge in [-0.15, -0.1) is 0 Å². The van der Waals surface area contributed by atoms with Crippen LogP contribution in [0, 0.1) is 11.6 Å². The predicted molar refractivity (Wildman–Crippen MR) is 86.2 cm³/mol. The number of hydrogen-bond acceptors (Lipinski definition) is 4. The summed E-state index contributed by atoms with van der Waals surface area (Å²) in [5, 5.41) is 2.69. The van der Waals surface area contributed by atoms with Crippen LogP contribution in [0.5, 0.6) is 0 Å². The maximum absolute atomic E-state index is 13.8. The fourth-order valence-electron chi connectivity index (χ4n) is 2.74. The Balaban J connectivity index is 1.68. The van der Waals surface area contributed by atoms with E-state index in [1.54, 1.807) is 6.07 Å². The second kappa shape index (κ2) is 6.96. The minimum Gasteiger partial charge on any atom is -0.366 e. The highest BCUT2D eigenvalue weighted by atomic mass is 19.1. The van der Waals surface area contributed by atoms with Crippen LogP contribution in [-0.2, 0) is 0 Å². The highest BCUT2D eigenvalue weighted by Gasteiger charge is 2.30. The molecule has 0 aliphatic carbocycles. The van der Waals surface area contributed by atoms with E-state index in [1.165, 1.54) is 36.4 Å². The van der Waals surface area contributed by atoms with Crippen molar-refractivity contribution in [1.29, 1.82) is 0 Å². The van der Waals surface area contributed by atoms with Crippen molar-refractivity contribution in [2.24, 2.45) is 5.73 Å². The molecule has 6 nitrogen and oxygen atoms in total. The highest BCUT2D eigenvalue weighted by Crippen LogP contribution is 2.26. The molecule has 5 N–H and O–H groups in total. The summed E-state index contributed by atoms with van der Waals surface area (Å²) in [6.07, 6.45) is -0.284. The topological polar surface area (TPSA) is 96.2 Å². The van der Waals surface area contributed by atoms with Crippen LogP contribution in [0.2, 0.25) is 0 Å². The monoisotopic (exact) mass is 346 g/mol. The Labute approximate surface area is 142 Å².